The Morgan fingerprint density at radius 2 is 1.43 bits per heavy atom. The zero-order chi connectivity index (χ0) is 15.8. The van der Waals surface area contributed by atoms with Gasteiger partial charge in [-0.15, -0.1) is 0 Å². The van der Waals surface area contributed by atoms with Crippen LogP contribution < -0.4 is 0 Å². The van der Waals surface area contributed by atoms with Gasteiger partial charge in [0.2, 0.25) is 0 Å². The van der Waals surface area contributed by atoms with Crippen molar-refractivity contribution in [2.45, 2.75) is 19.5 Å². The molecule has 0 N–H and O–H groups in total. The van der Waals surface area contributed by atoms with Crippen molar-refractivity contribution >= 4 is 0 Å². The number of piperidine rings is 1. The maximum Gasteiger partial charge on any atom is 0.0534 e. The summed E-state index contributed by atoms with van der Waals surface area (Å²) in [5, 5.41) is 8.57. The Morgan fingerprint density at radius 3 is 2.04 bits per heavy atom. The molecule has 0 saturated carbocycles. The average molecular weight is 314 g/mol. The molecule has 0 amide bonds. The number of hydrogen-bond acceptors (Lipinski definition) is 4. The van der Waals surface area contributed by atoms with Gasteiger partial charge >= 0.3 is 0 Å². The van der Waals surface area contributed by atoms with Gasteiger partial charge in [0, 0.05) is 70.3 Å². The summed E-state index contributed by atoms with van der Waals surface area (Å²) in [6.07, 6.45) is 9.59. The Bertz CT molecular complexity index is 619. The van der Waals surface area contributed by atoms with E-state index in [1.165, 1.54) is 43.7 Å². The first-order valence-corrected chi connectivity index (χ1v) is 8.55. The van der Waals surface area contributed by atoms with Crippen molar-refractivity contribution < 1.29 is 0 Å². The van der Waals surface area contributed by atoms with Crippen LogP contribution in [0.2, 0.25) is 0 Å². The monoisotopic (exact) mass is 314 g/mol. The molecule has 4 rings (SSSR count). The molecule has 0 spiro atoms. The lowest BCUT2D eigenvalue weighted by atomic mass is 9.88. The summed E-state index contributed by atoms with van der Waals surface area (Å²) in [5.74, 6) is 1.69. The van der Waals surface area contributed by atoms with Crippen LogP contribution >= 0.6 is 0 Å². The molecule has 2 aliphatic heterocycles. The predicted molar refractivity (Wildman–Crippen MR) is 88.6 cm³/mol. The van der Waals surface area contributed by atoms with Crippen molar-refractivity contribution in [2.75, 3.05) is 26.2 Å². The van der Waals surface area contributed by atoms with Gasteiger partial charge in [0.25, 0.3) is 0 Å². The molecule has 2 aliphatic rings. The standard InChI is InChI=1S/C17H26N6/c1-20-7-14(5-18-20)9-22-4-3-16-11-23(13-17(16)12-22)10-15-6-19-21(2)8-15/h5-8,16-17H,3-4,9-13H2,1-2H3/t16-,17-/m1/s1. The SMILES string of the molecule is Cn1cc(CN2CC[C@@H]3CN(Cc4cnn(C)c4)C[C@H]3C2)cn1. The van der Waals surface area contributed by atoms with Gasteiger partial charge in [0.05, 0.1) is 12.4 Å². The Balaban J connectivity index is 1.33. The van der Waals surface area contributed by atoms with Crippen LogP contribution in [0.15, 0.2) is 24.8 Å². The molecule has 6 nitrogen and oxygen atoms in total. The van der Waals surface area contributed by atoms with Crippen LogP contribution in [0.3, 0.4) is 0 Å². The minimum Gasteiger partial charge on any atom is -0.299 e. The number of aromatic nitrogens is 4. The Kier molecular flexibility index (Phi) is 3.95. The Labute approximate surface area is 137 Å². The third-order valence-electron chi connectivity index (χ3n) is 5.29. The molecule has 2 aromatic heterocycles. The van der Waals surface area contributed by atoms with E-state index in [0.717, 1.165) is 24.9 Å². The summed E-state index contributed by atoms with van der Waals surface area (Å²) < 4.78 is 3.79. The largest absolute Gasteiger partial charge is 0.299 e. The number of rotatable bonds is 4. The summed E-state index contributed by atoms with van der Waals surface area (Å²) >= 11 is 0. The van der Waals surface area contributed by atoms with E-state index < -0.39 is 0 Å². The van der Waals surface area contributed by atoms with Crippen molar-refractivity contribution in [2.24, 2.45) is 25.9 Å². The Hall–Kier alpha value is -1.66. The lowest BCUT2D eigenvalue weighted by Gasteiger charge is -2.34. The van der Waals surface area contributed by atoms with Crippen molar-refractivity contribution in [3.8, 4) is 0 Å². The van der Waals surface area contributed by atoms with Crippen LogP contribution in [-0.4, -0.2) is 55.5 Å². The fraction of sp³-hybridized carbons (Fsp3) is 0.647. The van der Waals surface area contributed by atoms with Crippen LogP contribution in [-0.2, 0) is 27.2 Å². The van der Waals surface area contributed by atoms with Crippen molar-refractivity contribution in [1.29, 1.82) is 0 Å². The molecular formula is C17H26N6. The molecule has 2 saturated heterocycles. The van der Waals surface area contributed by atoms with E-state index in [0.29, 0.717) is 0 Å². The second-order valence-electron chi connectivity index (χ2n) is 7.28. The third kappa shape index (κ3) is 3.33. The third-order valence-corrected chi connectivity index (χ3v) is 5.29. The highest BCUT2D eigenvalue weighted by atomic mass is 15.3. The molecular weight excluding hydrogens is 288 g/mol. The van der Waals surface area contributed by atoms with Crippen LogP contribution in [0.4, 0.5) is 0 Å². The van der Waals surface area contributed by atoms with E-state index in [-0.39, 0.29) is 0 Å². The minimum absolute atomic E-state index is 0.817. The topological polar surface area (TPSA) is 42.1 Å². The van der Waals surface area contributed by atoms with Crippen LogP contribution in [0.5, 0.6) is 0 Å². The molecule has 4 heterocycles. The maximum atomic E-state index is 4.28. The first kappa shape index (κ1) is 14.9. The van der Waals surface area contributed by atoms with E-state index in [9.17, 15) is 0 Å². The van der Waals surface area contributed by atoms with E-state index in [2.05, 4.69) is 32.4 Å². The molecule has 0 aromatic carbocycles. The number of aryl methyl sites for hydroxylation is 2. The van der Waals surface area contributed by atoms with Crippen molar-refractivity contribution in [3.05, 3.63) is 35.9 Å². The number of nitrogens with zero attached hydrogens (tertiary/aromatic N) is 6. The smallest absolute Gasteiger partial charge is 0.0534 e. The molecule has 2 fully saturated rings. The molecule has 6 heteroatoms. The zero-order valence-corrected chi connectivity index (χ0v) is 14.1. The van der Waals surface area contributed by atoms with Gasteiger partial charge in [-0.05, 0) is 24.8 Å². The fourth-order valence-electron chi connectivity index (χ4n) is 4.24. The van der Waals surface area contributed by atoms with Crippen LogP contribution in [0.25, 0.3) is 0 Å². The molecule has 0 unspecified atom stereocenters. The normalized spacial score (nSPS) is 25.8. The molecule has 0 aliphatic carbocycles. The second kappa shape index (κ2) is 6.09. The molecule has 2 aromatic rings. The second-order valence-corrected chi connectivity index (χ2v) is 7.28. The van der Waals surface area contributed by atoms with Gasteiger partial charge in [-0.1, -0.05) is 0 Å². The summed E-state index contributed by atoms with van der Waals surface area (Å²) in [6, 6.07) is 0. The quantitative estimate of drug-likeness (QED) is 0.848. The summed E-state index contributed by atoms with van der Waals surface area (Å²) in [5.41, 5.74) is 2.66. The van der Waals surface area contributed by atoms with E-state index in [1.807, 2.05) is 35.9 Å². The highest BCUT2D eigenvalue weighted by Gasteiger charge is 2.36. The zero-order valence-electron chi connectivity index (χ0n) is 14.1. The summed E-state index contributed by atoms with van der Waals surface area (Å²) in [6.45, 7) is 7.01. The van der Waals surface area contributed by atoms with Crippen LogP contribution in [0.1, 0.15) is 17.5 Å². The molecule has 124 valence electrons. The van der Waals surface area contributed by atoms with Gasteiger partial charge in [-0.25, -0.2) is 0 Å². The molecule has 23 heavy (non-hydrogen) atoms. The van der Waals surface area contributed by atoms with E-state index >= 15 is 0 Å². The number of fused-ring (bicyclic) bond motifs is 1. The van der Waals surface area contributed by atoms with Gasteiger partial charge in [-0.3, -0.25) is 19.2 Å². The predicted octanol–water partition coefficient (Wildman–Crippen LogP) is 1.11. The highest BCUT2D eigenvalue weighted by molar-refractivity contribution is 5.06. The highest BCUT2D eigenvalue weighted by Crippen LogP contribution is 2.32. The van der Waals surface area contributed by atoms with Crippen molar-refractivity contribution in [3.63, 3.8) is 0 Å². The van der Waals surface area contributed by atoms with Gasteiger partial charge in [-0.2, -0.15) is 10.2 Å². The van der Waals surface area contributed by atoms with E-state index in [1.54, 1.807) is 0 Å². The van der Waals surface area contributed by atoms with Gasteiger partial charge < -0.3 is 0 Å². The lowest BCUT2D eigenvalue weighted by molar-refractivity contribution is 0.142. The van der Waals surface area contributed by atoms with Crippen molar-refractivity contribution in [1.82, 2.24) is 29.4 Å². The fourth-order valence-corrected chi connectivity index (χ4v) is 4.24. The number of likely N-dealkylation sites (tertiary alicyclic amines) is 2. The summed E-state index contributed by atoms with van der Waals surface area (Å²) in [4.78, 5) is 5.21. The molecule has 0 bridgehead atoms. The van der Waals surface area contributed by atoms with Gasteiger partial charge in [0.1, 0.15) is 0 Å². The minimum atomic E-state index is 0.817. The first-order valence-electron chi connectivity index (χ1n) is 8.55. The van der Waals surface area contributed by atoms with Gasteiger partial charge in [0.15, 0.2) is 0 Å². The Morgan fingerprint density at radius 1 is 0.870 bits per heavy atom. The average Bonchev–Trinajstić information content (AvgIpc) is 3.20. The lowest BCUT2D eigenvalue weighted by Crippen LogP contribution is -2.39. The van der Waals surface area contributed by atoms with E-state index in [4.69, 9.17) is 0 Å². The van der Waals surface area contributed by atoms with Crippen LogP contribution in [0, 0.1) is 11.8 Å². The number of hydrogen-bond donors (Lipinski definition) is 0. The molecule has 2 atom stereocenters. The maximum absolute atomic E-state index is 4.28. The summed E-state index contributed by atoms with van der Waals surface area (Å²) in [7, 11) is 3.98. The first-order chi connectivity index (χ1) is 11.2. The molecule has 0 radical (unpaired) electrons.